The van der Waals surface area contributed by atoms with E-state index in [0.717, 1.165) is 24.9 Å². The van der Waals surface area contributed by atoms with E-state index < -0.39 is 21.6 Å². The lowest BCUT2D eigenvalue weighted by Crippen LogP contribution is -2.43. The summed E-state index contributed by atoms with van der Waals surface area (Å²) in [6.45, 7) is 3.75. The highest BCUT2D eigenvalue weighted by Gasteiger charge is 2.38. The van der Waals surface area contributed by atoms with Crippen LogP contribution < -0.4 is 9.64 Å². The molecular weight excluding hydrogens is 488 g/mol. The molecule has 1 aliphatic rings. The zero-order valence-electron chi connectivity index (χ0n) is 20.9. The van der Waals surface area contributed by atoms with Crippen molar-refractivity contribution in [1.82, 2.24) is 4.31 Å². The summed E-state index contributed by atoms with van der Waals surface area (Å²) in [5.74, 6) is -0.861. The molecular formula is C25H34N2O6S2. The summed E-state index contributed by atoms with van der Waals surface area (Å²) in [6.07, 6.45) is 4.50. The Morgan fingerprint density at radius 2 is 1.94 bits per heavy atom. The molecule has 10 heteroatoms. The second kappa shape index (κ2) is 11.2. The van der Waals surface area contributed by atoms with Crippen LogP contribution in [-0.2, 0) is 19.6 Å². The maximum Gasteiger partial charge on any atom is 0.339 e. The Kier molecular flexibility index (Phi) is 8.74. The lowest BCUT2D eigenvalue weighted by molar-refractivity contribution is -0.163. The standard InChI is InChI=1S/C25H34N2O6S2/c1-6-7-11-19-16-27(18-12-9-8-10-13-18)20-14-22(34-5)21(15-23(20)35(30,31)26(19)3)33-17-25(2,32-4)24(28)29/h8-10,12-15,19H,6-7,11,16-17H2,1-5H3,(H,28,29). The number of fused-ring (bicyclic) bond motifs is 1. The number of likely N-dealkylation sites (N-methyl/N-ethyl adjacent to an activating group) is 1. The molecule has 3 rings (SSSR count). The van der Waals surface area contributed by atoms with Crippen LogP contribution in [0.2, 0.25) is 0 Å². The van der Waals surface area contributed by atoms with E-state index in [2.05, 4.69) is 11.8 Å². The third-order valence-corrected chi connectivity index (χ3v) is 9.16. The highest BCUT2D eigenvalue weighted by Crippen LogP contribution is 2.43. The minimum atomic E-state index is -3.85. The molecule has 2 aromatic rings. The van der Waals surface area contributed by atoms with Crippen LogP contribution in [0.25, 0.3) is 0 Å². The third kappa shape index (κ3) is 5.61. The number of benzene rings is 2. The van der Waals surface area contributed by atoms with Crippen LogP contribution in [0.5, 0.6) is 5.75 Å². The predicted octanol–water partition coefficient (Wildman–Crippen LogP) is 4.61. The van der Waals surface area contributed by atoms with Gasteiger partial charge in [0.2, 0.25) is 10.0 Å². The molecule has 1 heterocycles. The van der Waals surface area contributed by atoms with Gasteiger partial charge in [-0.2, -0.15) is 4.31 Å². The van der Waals surface area contributed by atoms with Gasteiger partial charge in [0.1, 0.15) is 17.3 Å². The first-order valence-corrected chi connectivity index (χ1v) is 14.2. The average Bonchev–Trinajstić information content (AvgIpc) is 2.94. The average molecular weight is 523 g/mol. The zero-order chi connectivity index (χ0) is 25.8. The first-order chi connectivity index (χ1) is 16.6. The quantitative estimate of drug-likeness (QED) is 0.452. The van der Waals surface area contributed by atoms with Crippen molar-refractivity contribution >= 4 is 39.1 Å². The van der Waals surface area contributed by atoms with E-state index in [4.69, 9.17) is 9.47 Å². The Bertz CT molecular complexity index is 1140. The highest BCUT2D eigenvalue weighted by molar-refractivity contribution is 7.98. The molecule has 0 bridgehead atoms. The topological polar surface area (TPSA) is 96.4 Å². The number of aliphatic carboxylic acids is 1. The number of carboxylic acid groups (broad SMARTS) is 1. The van der Waals surface area contributed by atoms with Crippen molar-refractivity contribution in [2.45, 2.75) is 54.5 Å². The number of thioether (sulfide) groups is 1. The minimum Gasteiger partial charge on any atom is -0.489 e. The summed E-state index contributed by atoms with van der Waals surface area (Å²) in [5.41, 5.74) is -0.0924. The summed E-state index contributed by atoms with van der Waals surface area (Å²) in [4.78, 5) is 14.5. The van der Waals surface area contributed by atoms with Crippen LogP contribution in [0.1, 0.15) is 33.1 Å². The van der Waals surface area contributed by atoms with E-state index in [1.54, 1.807) is 7.05 Å². The van der Waals surface area contributed by atoms with Crippen LogP contribution in [0.15, 0.2) is 52.3 Å². The van der Waals surface area contributed by atoms with Gasteiger partial charge in [-0.1, -0.05) is 38.0 Å². The number of methoxy groups -OCH3 is 1. The van der Waals surface area contributed by atoms with Crippen molar-refractivity contribution in [3.05, 3.63) is 42.5 Å². The van der Waals surface area contributed by atoms with Crippen LogP contribution in [0, 0.1) is 0 Å². The zero-order valence-corrected chi connectivity index (χ0v) is 22.5. The van der Waals surface area contributed by atoms with Gasteiger partial charge < -0.3 is 19.5 Å². The molecule has 0 aromatic heterocycles. The molecule has 2 aromatic carbocycles. The Morgan fingerprint density at radius 3 is 2.51 bits per heavy atom. The van der Waals surface area contributed by atoms with Gasteiger partial charge >= 0.3 is 5.97 Å². The van der Waals surface area contributed by atoms with E-state index >= 15 is 0 Å². The molecule has 1 aliphatic heterocycles. The van der Waals surface area contributed by atoms with Gasteiger partial charge in [0.15, 0.2) is 5.60 Å². The number of ether oxygens (including phenoxy) is 2. The van der Waals surface area contributed by atoms with E-state index in [1.165, 1.54) is 36.2 Å². The van der Waals surface area contributed by atoms with Crippen molar-refractivity contribution in [3.8, 4) is 5.75 Å². The SMILES string of the molecule is CCCCC1CN(c2ccccc2)c2cc(SC)c(OCC(C)(OC)C(=O)O)cc2S(=O)(=O)N1C. The van der Waals surface area contributed by atoms with Crippen LogP contribution in [0.3, 0.4) is 0 Å². The number of unbranched alkanes of at least 4 members (excludes halogenated alkanes) is 1. The van der Waals surface area contributed by atoms with Crippen molar-refractivity contribution in [3.63, 3.8) is 0 Å². The van der Waals surface area contributed by atoms with Gasteiger partial charge in [-0.3, -0.25) is 0 Å². The first-order valence-electron chi connectivity index (χ1n) is 11.5. The number of carboxylic acids is 1. The van der Waals surface area contributed by atoms with Gasteiger partial charge in [0, 0.05) is 38.5 Å². The Balaban J connectivity index is 2.16. The lowest BCUT2D eigenvalue weighted by Gasteiger charge is -2.29. The Hall–Kier alpha value is -2.27. The summed E-state index contributed by atoms with van der Waals surface area (Å²) in [7, 11) is -0.915. The molecule has 0 fully saturated rings. The normalized spacial score (nSPS) is 19.5. The maximum atomic E-state index is 13.8. The number of carbonyl (C=O) groups is 1. The van der Waals surface area contributed by atoms with Gasteiger partial charge in [-0.15, -0.1) is 11.8 Å². The van der Waals surface area contributed by atoms with Crippen molar-refractivity contribution in [1.29, 1.82) is 0 Å². The molecule has 0 saturated heterocycles. The van der Waals surface area contributed by atoms with Crippen molar-refractivity contribution in [2.24, 2.45) is 0 Å². The summed E-state index contributed by atoms with van der Waals surface area (Å²) >= 11 is 1.41. The lowest BCUT2D eigenvalue weighted by atomic mass is 10.1. The number of hydrogen-bond acceptors (Lipinski definition) is 7. The van der Waals surface area contributed by atoms with Crippen molar-refractivity contribution < 1.29 is 27.8 Å². The summed E-state index contributed by atoms with van der Waals surface area (Å²) < 4.78 is 40.1. The summed E-state index contributed by atoms with van der Waals surface area (Å²) in [6, 6.07) is 12.9. The third-order valence-electron chi connectivity index (χ3n) is 6.47. The molecule has 0 spiro atoms. The van der Waals surface area contributed by atoms with Crippen LogP contribution >= 0.6 is 11.8 Å². The molecule has 192 valence electrons. The van der Waals surface area contributed by atoms with E-state index in [-0.39, 0.29) is 17.5 Å². The minimum absolute atomic E-state index is 0.130. The first kappa shape index (κ1) is 27.3. The largest absolute Gasteiger partial charge is 0.489 e. The molecule has 2 unspecified atom stereocenters. The second-order valence-corrected chi connectivity index (χ2v) is 11.6. The van der Waals surface area contributed by atoms with Crippen LogP contribution in [0.4, 0.5) is 11.4 Å². The highest BCUT2D eigenvalue weighted by atomic mass is 32.2. The Labute approximate surface area is 212 Å². The number of hydrogen-bond donors (Lipinski definition) is 1. The number of para-hydroxylation sites is 1. The van der Waals surface area contributed by atoms with Gasteiger partial charge in [0.05, 0.1) is 10.6 Å². The number of sulfonamides is 1. The van der Waals surface area contributed by atoms with Crippen LogP contribution in [-0.4, -0.2) is 69.0 Å². The molecule has 0 aliphatic carbocycles. The van der Waals surface area contributed by atoms with Crippen molar-refractivity contribution in [2.75, 3.05) is 38.5 Å². The number of rotatable bonds is 10. The molecule has 0 radical (unpaired) electrons. The van der Waals surface area contributed by atoms with Gasteiger partial charge in [0.25, 0.3) is 0 Å². The number of nitrogens with zero attached hydrogens (tertiary/aromatic N) is 2. The smallest absolute Gasteiger partial charge is 0.339 e. The second-order valence-electron chi connectivity index (χ2n) is 8.76. The molecule has 8 nitrogen and oxygen atoms in total. The number of anilines is 2. The monoisotopic (exact) mass is 522 g/mol. The van der Waals surface area contributed by atoms with Gasteiger partial charge in [-0.25, -0.2) is 13.2 Å². The molecule has 2 atom stereocenters. The molecule has 0 amide bonds. The van der Waals surface area contributed by atoms with E-state index in [0.29, 0.717) is 22.9 Å². The fraction of sp³-hybridized carbons (Fsp3) is 0.480. The molecule has 0 saturated carbocycles. The fourth-order valence-corrected chi connectivity index (χ4v) is 6.10. The fourth-order valence-electron chi connectivity index (χ4n) is 3.98. The maximum absolute atomic E-state index is 13.8. The molecule has 1 N–H and O–H groups in total. The summed E-state index contributed by atoms with van der Waals surface area (Å²) in [5, 5.41) is 9.53. The predicted molar refractivity (Wildman–Crippen MR) is 138 cm³/mol. The molecule has 35 heavy (non-hydrogen) atoms. The van der Waals surface area contributed by atoms with E-state index in [1.807, 2.05) is 42.7 Å². The van der Waals surface area contributed by atoms with E-state index in [9.17, 15) is 18.3 Å². The Morgan fingerprint density at radius 1 is 1.26 bits per heavy atom. The van der Waals surface area contributed by atoms with Gasteiger partial charge in [-0.05, 0) is 37.8 Å².